The quantitative estimate of drug-likeness (QED) is 0.0149. The maximum Gasteiger partial charge on any atom is 0.306 e. The SMILES string of the molecule is CC/C=C\C/C=C\C/C=C\C/C=C\C/C=C\C/C=C\CCCCCC(O)C(=O)NC(COC1OC(CO)C(O)C(O)C1OC(=O)CCCCC/C=C/C=C\C=C/C=C/C=C/CC)C(O)/C=C/CCCCCCCCCCC. The average molecular weight is 1070 g/mol. The molecule has 1 rings (SSSR count). The molecule has 0 spiro atoms. The van der Waals surface area contributed by atoms with Gasteiger partial charge in [-0.2, -0.15) is 0 Å². The fourth-order valence-corrected chi connectivity index (χ4v) is 8.20. The molecule has 0 aromatic rings. The molecule has 1 fully saturated rings. The number of carbonyl (C=O) groups is 2. The Labute approximate surface area is 466 Å². The summed E-state index contributed by atoms with van der Waals surface area (Å²) < 4.78 is 17.5. The summed E-state index contributed by atoms with van der Waals surface area (Å²) in [5.74, 6) is -1.28. The first kappa shape index (κ1) is 70.6. The monoisotopic (exact) mass is 1070 g/mol. The minimum Gasteiger partial charge on any atom is -0.454 e. The van der Waals surface area contributed by atoms with Gasteiger partial charge in [0.1, 0.15) is 24.4 Å². The lowest BCUT2D eigenvalue weighted by molar-refractivity contribution is -0.305. The van der Waals surface area contributed by atoms with Crippen molar-refractivity contribution in [2.24, 2.45) is 0 Å². The van der Waals surface area contributed by atoms with Crippen LogP contribution in [-0.4, -0.2) is 99.6 Å². The van der Waals surface area contributed by atoms with Crippen molar-refractivity contribution in [1.82, 2.24) is 5.32 Å². The number of unbranched alkanes of at least 4 members (excludes halogenated alkanes) is 15. The van der Waals surface area contributed by atoms with Crippen LogP contribution in [0.1, 0.15) is 194 Å². The van der Waals surface area contributed by atoms with Gasteiger partial charge >= 0.3 is 5.97 Å². The Morgan fingerprint density at radius 2 is 1.00 bits per heavy atom. The van der Waals surface area contributed by atoms with Crippen molar-refractivity contribution >= 4 is 11.9 Å². The Morgan fingerprint density at radius 1 is 0.532 bits per heavy atom. The van der Waals surface area contributed by atoms with Gasteiger partial charge in [-0.05, 0) is 96.3 Å². The van der Waals surface area contributed by atoms with E-state index in [1.807, 2.05) is 54.7 Å². The van der Waals surface area contributed by atoms with Crippen LogP contribution in [0.2, 0.25) is 0 Å². The zero-order chi connectivity index (χ0) is 56.1. The van der Waals surface area contributed by atoms with Gasteiger partial charge in [0, 0.05) is 6.42 Å². The molecule has 0 saturated carbocycles. The second kappa shape index (κ2) is 52.3. The number of esters is 1. The van der Waals surface area contributed by atoms with E-state index >= 15 is 0 Å². The molecule has 8 unspecified atom stereocenters. The molecule has 1 heterocycles. The fourth-order valence-electron chi connectivity index (χ4n) is 8.20. The van der Waals surface area contributed by atoms with Crippen molar-refractivity contribution in [2.75, 3.05) is 13.2 Å². The molecule has 0 aromatic carbocycles. The Morgan fingerprint density at radius 3 is 1.56 bits per heavy atom. The Hall–Kier alpha value is -4.46. The summed E-state index contributed by atoms with van der Waals surface area (Å²) in [6.45, 7) is 5.45. The van der Waals surface area contributed by atoms with Crippen LogP contribution in [0.25, 0.3) is 0 Å². The van der Waals surface area contributed by atoms with Crippen LogP contribution in [0.4, 0.5) is 0 Å². The van der Waals surface area contributed by atoms with Crippen molar-refractivity contribution in [3.63, 3.8) is 0 Å². The minimum atomic E-state index is -1.65. The topological polar surface area (TPSA) is 175 Å². The molecule has 11 nitrogen and oxygen atoms in total. The molecular formula is C66H105NO10. The van der Waals surface area contributed by atoms with E-state index in [0.717, 1.165) is 109 Å². The third kappa shape index (κ3) is 40.4. The van der Waals surface area contributed by atoms with Crippen molar-refractivity contribution in [3.05, 3.63) is 146 Å². The Kier molecular flexibility index (Phi) is 47.9. The van der Waals surface area contributed by atoms with Gasteiger partial charge in [0.25, 0.3) is 0 Å². The minimum absolute atomic E-state index is 0.0619. The maximum absolute atomic E-state index is 13.4. The zero-order valence-corrected chi connectivity index (χ0v) is 47.8. The van der Waals surface area contributed by atoms with Crippen LogP contribution in [0.15, 0.2) is 146 Å². The number of amides is 1. The van der Waals surface area contributed by atoms with Gasteiger partial charge in [-0.15, -0.1) is 0 Å². The fraction of sp³-hybridized carbons (Fsp3) is 0.606. The molecule has 0 radical (unpaired) electrons. The number of hydrogen-bond acceptors (Lipinski definition) is 10. The number of aliphatic hydroxyl groups is 5. The van der Waals surface area contributed by atoms with Crippen LogP contribution < -0.4 is 5.32 Å². The predicted molar refractivity (Wildman–Crippen MR) is 319 cm³/mol. The summed E-state index contributed by atoms with van der Waals surface area (Å²) in [5, 5.41) is 56.8. The highest BCUT2D eigenvalue weighted by molar-refractivity contribution is 5.80. The molecule has 8 atom stereocenters. The summed E-state index contributed by atoms with van der Waals surface area (Å²) in [6, 6.07) is -1.06. The van der Waals surface area contributed by atoms with Gasteiger partial charge in [0.15, 0.2) is 12.4 Å². The second-order valence-corrected chi connectivity index (χ2v) is 19.7. The summed E-state index contributed by atoms with van der Waals surface area (Å²) >= 11 is 0. The summed E-state index contributed by atoms with van der Waals surface area (Å²) in [6.07, 6.45) is 64.6. The largest absolute Gasteiger partial charge is 0.454 e. The number of aliphatic hydroxyl groups excluding tert-OH is 5. The smallest absolute Gasteiger partial charge is 0.306 e. The van der Waals surface area contributed by atoms with Crippen molar-refractivity contribution < 1.29 is 49.3 Å². The van der Waals surface area contributed by atoms with Crippen LogP contribution in [-0.2, 0) is 23.8 Å². The van der Waals surface area contributed by atoms with Crippen molar-refractivity contribution in [2.45, 2.75) is 243 Å². The predicted octanol–water partition coefficient (Wildman–Crippen LogP) is 13.8. The molecule has 1 aliphatic rings. The Bertz CT molecular complexity index is 1800. The van der Waals surface area contributed by atoms with Gasteiger partial charge in [0.05, 0.1) is 25.4 Å². The molecule has 1 aliphatic heterocycles. The van der Waals surface area contributed by atoms with E-state index < -0.39 is 67.4 Å². The molecule has 77 heavy (non-hydrogen) atoms. The molecule has 11 heteroatoms. The molecular weight excluding hydrogens is 967 g/mol. The van der Waals surface area contributed by atoms with Gasteiger partial charge < -0.3 is 45.1 Å². The third-order valence-corrected chi connectivity index (χ3v) is 12.9. The summed E-state index contributed by atoms with van der Waals surface area (Å²) in [5.41, 5.74) is 0. The highest BCUT2D eigenvalue weighted by Crippen LogP contribution is 2.26. The number of ether oxygens (including phenoxy) is 3. The van der Waals surface area contributed by atoms with E-state index in [-0.39, 0.29) is 19.4 Å². The Balaban J connectivity index is 2.74. The molecule has 1 saturated heterocycles. The first-order valence-corrected chi connectivity index (χ1v) is 29.7. The van der Waals surface area contributed by atoms with Crippen LogP contribution >= 0.6 is 0 Å². The summed E-state index contributed by atoms with van der Waals surface area (Å²) in [4.78, 5) is 26.5. The van der Waals surface area contributed by atoms with E-state index in [9.17, 15) is 35.1 Å². The number of hydrogen-bond donors (Lipinski definition) is 6. The molecule has 0 aliphatic carbocycles. The molecule has 434 valence electrons. The molecule has 0 aromatic heterocycles. The molecule has 1 amide bonds. The highest BCUT2D eigenvalue weighted by atomic mass is 16.7. The van der Waals surface area contributed by atoms with Gasteiger partial charge in [-0.25, -0.2) is 0 Å². The van der Waals surface area contributed by atoms with E-state index in [1.54, 1.807) is 6.08 Å². The normalized spacial score (nSPS) is 20.1. The number of rotatable bonds is 47. The first-order valence-electron chi connectivity index (χ1n) is 29.7. The number of carbonyl (C=O) groups excluding carboxylic acids is 2. The van der Waals surface area contributed by atoms with Crippen LogP contribution in [0.5, 0.6) is 0 Å². The lowest BCUT2D eigenvalue weighted by Gasteiger charge is -2.41. The average Bonchev–Trinajstić information content (AvgIpc) is 3.43. The standard InChI is InChI=1S/C66H105NO10/c1-4-7-10-13-16-19-22-24-26-27-28-29-30-31-32-34-35-38-41-44-47-50-53-59(70)65(74)67-57(58(69)52-49-46-43-40-37-21-18-15-12-9-6-3)56-75-66-64(63(73)62(72)60(55-68)76-66)77-61(71)54-51-48-45-42-39-36-33-25-23-20-17-14-11-8-5-2/h7-8,10-11,14,16-17,19-20,23-26,28-29,31-33,35-36,38-39,49,52,57-60,62-64,66,68-70,72-73H,4-6,9,12-13,15,18,21-22,27,30,34,37,40-48,50-51,53-56H2,1-3H3,(H,67,74)/b10-7-,11-8+,17-14+,19-16-,23-20-,26-24-,29-28-,32-31-,33-25-,38-35-,39-36+,52-49+. The lowest BCUT2D eigenvalue weighted by atomic mass is 9.99. The molecule has 6 N–H and O–H groups in total. The summed E-state index contributed by atoms with van der Waals surface area (Å²) in [7, 11) is 0. The second-order valence-electron chi connectivity index (χ2n) is 19.7. The molecule has 0 bridgehead atoms. The van der Waals surface area contributed by atoms with Crippen LogP contribution in [0.3, 0.4) is 0 Å². The van der Waals surface area contributed by atoms with Gasteiger partial charge in [-0.1, -0.05) is 237 Å². The van der Waals surface area contributed by atoms with E-state index in [2.05, 4.69) is 111 Å². The highest BCUT2D eigenvalue weighted by Gasteiger charge is 2.47. The zero-order valence-electron chi connectivity index (χ0n) is 47.8. The number of allylic oxidation sites excluding steroid dienone is 23. The van der Waals surface area contributed by atoms with Crippen LogP contribution in [0, 0.1) is 0 Å². The maximum atomic E-state index is 13.4. The number of nitrogens with one attached hydrogen (secondary N) is 1. The first-order chi connectivity index (χ1) is 37.7. The van der Waals surface area contributed by atoms with E-state index in [4.69, 9.17) is 14.2 Å². The van der Waals surface area contributed by atoms with Crippen molar-refractivity contribution in [1.29, 1.82) is 0 Å². The van der Waals surface area contributed by atoms with E-state index in [1.165, 1.54) is 38.5 Å². The lowest BCUT2D eigenvalue weighted by Crippen LogP contribution is -2.61. The van der Waals surface area contributed by atoms with Crippen molar-refractivity contribution in [3.8, 4) is 0 Å². The van der Waals surface area contributed by atoms with Gasteiger partial charge in [-0.3, -0.25) is 9.59 Å². The van der Waals surface area contributed by atoms with E-state index in [0.29, 0.717) is 12.8 Å². The van der Waals surface area contributed by atoms with Gasteiger partial charge in [0.2, 0.25) is 5.91 Å². The third-order valence-electron chi connectivity index (χ3n) is 12.9.